The molecule has 0 fully saturated rings. The maximum absolute atomic E-state index is 12.6. The molecule has 1 aromatic rings. The normalized spacial score (nSPS) is 12.2. The molecule has 20 heavy (non-hydrogen) atoms. The van der Waals surface area contributed by atoms with Crippen molar-refractivity contribution in [1.82, 2.24) is 4.90 Å². The van der Waals surface area contributed by atoms with E-state index < -0.39 is 0 Å². The van der Waals surface area contributed by atoms with E-state index in [0.717, 1.165) is 37.8 Å². The van der Waals surface area contributed by atoms with E-state index in [2.05, 4.69) is 20.8 Å². The molecule has 0 spiro atoms. The fraction of sp³-hybridized carbons (Fsp3) is 0.588. The van der Waals surface area contributed by atoms with Crippen molar-refractivity contribution in [2.75, 3.05) is 13.1 Å². The van der Waals surface area contributed by atoms with Crippen LogP contribution in [0.5, 0.6) is 0 Å². The monoisotopic (exact) mass is 276 g/mol. The fourth-order valence-electron chi connectivity index (χ4n) is 2.22. The topological polar surface area (TPSA) is 46.3 Å². The Balaban J connectivity index is 2.82. The van der Waals surface area contributed by atoms with Gasteiger partial charge >= 0.3 is 0 Å². The van der Waals surface area contributed by atoms with E-state index in [-0.39, 0.29) is 11.9 Å². The average Bonchev–Trinajstić information content (AvgIpc) is 2.48. The summed E-state index contributed by atoms with van der Waals surface area (Å²) in [6.07, 6.45) is 4.01. The van der Waals surface area contributed by atoms with E-state index in [9.17, 15) is 4.79 Å². The Morgan fingerprint density at radius 2 is 1.90 bits per heavy atom. The lowest BCUT2D eigenvalue weighted by Gasteiger charge is -2.28. The van der Waals surface area contributed by atoms with Crippen LogP contribution in [-0.4, -0.2) is 29.9 Å². The van der Waals surface area contributed by atoms with E-state index in [1.165, 1.54) is 5.56 Å². The number of nitrogens with two attached hydrogens (primary N) is 1. The van der Waals surface area contributed by atoms with Crippen LogP contribution in [0.4, 0.5) is 0 Å². The van der Waals surface area contributed by atoms with Gasteiger partial charge in [0.2, 0.25) is 0 Å². The molecule has 0 aliphatic carbocycles. The molecule has 0 aliphatic rings. The molecule has 1 amide bonds. The first-order valence-electron chi connectivity index (χ1n) is 7.74. The number of hydrogen-bond acceptors (Lipinski definition) is 2. The molecule has 1 unspecified atom stereocenters. The minimum Gasteiger partial charge on any atom is -0.336 e. The standard InChI is InChI=1S/C17H28N2O/c1-4-6-13-19(14(3)5-2)17(20)16-9-7-15(8-10-16)11-12-18/h7-10,14H,4-6,11-13,18H2,1-3H3. The lowest BCUT2D eigenvalue weighted by atomic mass is 10.1. The molecule has 0 heterocycles. The Hall–Kier alpha value is -1.35. The summed E-state index contributed by atoms with van der Waals surface area (Å²) < 4.78 is 0. The molecule has 1 rings (SSSR count). The van der Waals surface area contributed by atoms with Crippen molar-refractivity contribution >= 4 is 5.91 Å². The van der Waals surface area contributed by atoms with Gasteiger partial charge < -0.3 is 10.6 Å². The van der Waals surface area contributed by atoms with Crippen molar-refractivity contribution in [3.05, 3.63) is 35.4 Å². The third-order valence-corrected chi connectivity index (χ3v) is 3.77. The lowest BCUT2D eigenvalue weighted by Crippen LogP contribution is -2.39. The quantitative estimate of drug-likeness (QED) is 0.792. The summed E-state index contributed by atoms with van der Waals surface area (Å²) in [5.41, 5.74) is 7.51. The van der Waals surface area contributed by atoms with Crippen molar-refractivity contribution in [1.29, 1.82) is 0 Å². The maximum atomic E-state index is 12.6. The number of carbonyl (C=O) groups excluding carboxylic acids is 1. The lowest BCUT2D eigenvalue weighted by molar-refractivity contribution is 0.0685. The van der Waals surface area contributed by atoms with E-state index in [1.807, 2.05) is 29.2 Å². The van der Waals surface area contributed by atoms with Crippen molar-refractivity contribution in [3.63, 3.8) is 0 Å². The Bertz CT molecular complexity index is 400. The van der Waals surface area contributed by atoms with Crippen LogP contribution in [0, 0.1) is 0 Å². The summed E-state index contributed by atoms with van der Waals surface area (Å²) in [6, 6.07) is 8.16. The zero-order valence-electron chi connectivity index (χ0n) is 13.1. The van der Waals surface area contributed by atoms with Crippen LogP contribution in [0.25, 0.3) is 0 Å². The fourth-order valence-corrected chi connectivity index (χ4v) is 2.22. The second kappa shape index (κ2) is 8.75. The van der Waals surface area contributed by atoms with Crippen molar-refractivity contribution in [3.8, 4) is 0 Å². The number of benzene rings is 1. The number of nitrogens with zero attached hydrogens (tertiary/aromatic N) is 1. The van der Waals surface area contributed by atoms with E-state index in [1.54, 1.807) is 0 Å². The van der Waals surface area contributed by atoms with Crippen LogP contribution in [0.15, 0.2) is 24.3 Å². The number of unbranched alkanes of at least 4 members (excludes halogenated alkanes) is 1. The van der Waals surface area contributed by atoms with Crippen LogP contribution in [-0.2, 0) is 6.42 Å². The molecule has 1 atom stereocenters. The smallest absolute Gasteiger partial charge is 0.254 e. The molecule has 112 valence electrons. The second-order valence-corrected chi connectivity index (χ2v) is 5.34. The molecule has 0 bridgehead atoms. The molecule has 3 nitrogen and oxygen atoms in total. The molecule has 0 saturated heterocycles. The molecule has 3 heteroatoms. The predicted octanol–water partition coefficient (Wildman–Crippen LogP) is 3.23. The molecule has 0 saturated carbocycles. The minimum atomic E-state index is 0.145. The first-order chi connectivity index (χ1) is 9.63. The second-order valence-electron chi connectivity index (χ2n) is 5.34. The van der Waals surface area contributed by atoms with Gasteiger partial charge in [-0.3, -0.25) is 4.79 Å². The largest absolute Gasteiger partial charge is 0.336 e. The van der Waals surface area contributed by atoms with Gasteiger partial charge in [0, 0.05) is 18.2 Å². The first-order valence-corrected chi connectivity index (χ1v) is 7.74. The van der Waals surface area contributed by atoms with Crippen LogP contribution in [0.1, 0.15) is 56.0 Å². The van der Waals surface area contributed by atoms with Gasteiger partial charge in [-0.15, -0.1) is 0 Å². The summed E-state index contributed by atoms with van der Waals surface area (Å²) in [4.78, 5) is 14.6. The van der Waals surface area contributed by atoms with Crippen LogP contribution < -0.4 is 5.73 Å². The molecular formula is C17H28N2O. The number of hydrogen-bond donors (Lipinski definition) is 1. The Labute approximate surface area is 123 Å². The summed E-state index contributed by atoms with van der Waals surface area (Å²) in [6.45, 7) is 7.89. The summed E-state index contributed by atoms with van der Waals surface area (Å²) in [5.74, 6) is 0.145. The number of rotatable bonds is 8. The van der Waals surface area contributed by atoms with Gasteiger partial charge in [0.1, 0.15) is 0 Å². The SMILES string of the molecule is CCCCN(C(=O)c1ccc(CCN)cc1)C(C)CC. The highest BCUT2D eigenvalue weighted by atomic mass is 16.2. The highest BCUT2D eigenvalue weighted by Gasteiger charge is 2.19. The molecule has 0 aromatic heterocycles. The van der Waals surface area contributed by atoms with E-state index in [4.69, 9.17) is 5.73 Å². The van der Waals surface area contributed by atoms with E-state index in [0.29, 0.717) is 6.54 Å². The van der Waals surface area contributed by atoms with Crippen molar-refractivity contribution in [2.45, 2.75) is 52.5 Å². The van der Waals surface area contributed by atoms with Gasteiger partial charge in [0.25, 0.3) is 5.91 Å². The van der Waals surface area contributed by atoms with Gasteiger partial charge in [-0.2, -0.15) is 0 Å². The third kappa shape index (κ3) is 4.64. The first kappa shape index (κ1) is 16.7. The van der Waals surface area contributed by atoms with Gasteiger partial charge in [-0.05, 0) is 50.4 Å². The van der Waals surface area contributed by atoms with Gasteiger partial charge in [-0.1, -0.05) is 32.4 Å². The number of amides is 1. The highest BCUT2D eigenvalue weighted by Crippen LogP contribution is 2.13. The predicted molar refractivity (Wildman–Crippen MR) is 84.9 cm³/mol. The van der Waals surface area contributed by atoms with Gasteiger partial charge in [-0.25, -0.2) is 0 Å². The third-order valence-electron chi connectivity index (χ3n) is 3.77. The minimum absolute atomic E-state index is 0.145. The summed E-state index contributed by atoms with van der Waals surface area (Å²) in [7, 11) is 0. The van der Waals surface area contributed by atoms with Crippen LogP contribution >= 0.6 is 0 Å². The molecule has 0 aliphatic heterocycles. The van der Waals surface area contributed by atoms with Crippen molar-refractivity contribution < 1.29 is 4.79 Å². The molecular weight excluding hydrogens is 248 g/mol. The van der Waals surface area contributed by atoms with Crippen LogP contribution in [0.2, 0.25) is 0 Å². The Morgan fingerprint density at radius 3 is 2.40 bits per heavy atom. The van der Waals surface area contributed by atoms with Crippen molar-refractivity contribution in [2.24, 2.45) is 5.73 Å². The molecule has 0 radical (unpaired) electrons. The summed E-state index contributed by atoms with van der Waals surface area (Å²) >= 11 is 0. The zero-order chi connectivity index (χ0) is 15.0. The summed E-state index contributed by atoms with van der Waals surface area (Å²) in [5, 5.41) is 0. The van der Waals surface area contributed by atoms with E-state index >= 15 is 0 Å². The highest BCUT2D eigenvalue weighted by molar-refractivity contribution is 5.94. The van der Waals surface area contributed by atoms with Gasteiger partial charge in [0.05, 0.1) is 0 Å². The molecule has 1 aromatic carbocycles. The molecule has 2 N–H and O–H groups in total. The Kier molecular flexibility index (Phi) is 7.31. The maximum Gasteiger partial charge on any atom is 0.254 e. The average molecular weight is 276 g/mol. The van der Waals surface area contributed by atoms with Gasteiger partial charge in [0.15, 0.2) is 0 Å². The number of carbonyl (C=O) groups is 1. The van der Waals surface area contributed by atoms with Crippen LogP contribution in [0.3, 0.4) is 0 Å². The zero-order valence-corrected chi connectivity index (χ0v) is 13.1. The Morgan fingerprint density at radius 1 is 1.25 bits per heavy atom.